The van der Waals surface area contributed by atoms with E-state index in [4.69, 9.17) is 4.74 Å². The maximum atomic E-state index is 12.8. The molecular formula is C17H13N3O3. The maximum absolute atomic E-state index is 12.8. The van der Waals surface area contributed by atoms with Crippen LogP contribution in [0, 0.1) is 0 Å². The van der Waals surface area contributed by atoms with Crippen molar-refractivity contribution in [2.75, 3.05) is 7.11 Å². The number of ether oxygens (including phenoxy) is 1. The van der Waals surface area contributed by atoms with E-state index >= 15 is 0 Å². The van der Waals surface area contributed by atoms with Crippen LogP contribution in [-0.2, 0) is 0 Å². The molecule has 0 saturated carbocycles. The van der Waals surface area contributed by atoms with Crippen LogP contribution < -0.4 is 15.6 Å². The minimum absolute atomic E-state index is 0.134. The topological polar surface area (TPSA) is 73.2 Å². The molecule has 1 amide bonds. The van der Waals surface area contributed by atoms with Crippen molar-refractivity contribution in [1.82, 2.24) is 14.9 Å². The summed E-state index contributed by atoms with van der Waals surface area (Å²) in [7, 11) is 1.59. The third kappa shape index (κ3) is 1.99. The van der Waals surface area contributed by atoms with E-state index in [1.54, 1.807) is 43.5 Å². The predicted molar refractivity (Wildman–Crippen MR) is 84.6 cm³/mol. The molecule has 0 fully saturated rings. The summed E-state index contributed by atoms with van der Waals surface area (Å²) in [6, 6.07) is 14.2. The normalized spacial score (nSPS) is 16.2. The molecular weight excluding hydrogens is 294 g/mol. The molecule has 0 spiro atoms. The van der Waals surface area contributed by atoms with Crippen LogP contribution in [0.1, 0.15) is 22.3 Å². The van der Waals surface area contributed by atoms with Crippen molar-refractivity contribution in [3.8, 4) is 5.75 Å². The standard InChI is InChI=1S/C17H13N3O3/c1-23-11-8-6-10(7-9-11)14-19-16(21)15-18-13-5-3-2-4-12(13)17(22)20(14)15/h2-9,14H,1H3,(H,19,21). The van der Waals surface area contributed by atoms with Gasteiger partial charge in [-0.1, -0.05) is 24.3 Å². The fourth-order valence-electron chi connectivity index (χ4n) is 2.82. The zero-order chi connectivity index (χ0) is 16.0. The number of carbonyl (C=O) groups is 1. The number of amides is 1. The largest absolute Gasteiger partial charge is 0.497 e. The van der Waals surface area contributed by atoms with E-state index in [-0.39, 0.29) is 17.3 Å². The van der Waals surface area contributed by atoms with Gasteiger partial charge in [-0.3, -0.25) is 14.2 Å². The van der Waals surface area contributed by atoms with Crippen molar-refractivity contribution in [2.45, 2.75) is 6.17 Å². The van der Waals surface area contributed by atoms with Gasteiger partial charge in [0.2, 0.25) is 5.82 Å². The summed E-state index contributed by atoms with van der Waals surface area (Å²) in [5.74, 6) is 0.491. The lowest BCUT2D eigenvalue weighted by molar-refractivity contribution is 0.0956. The number of benzene rings is 2. The third-order valence-electron chi connectivity index (χ3n) is 3.97. The molecule has 0 radical (unpaired) electrons. The minimum Gasteiger partial charge on any atom is -0.497 e. The third-order valence-corrected chi connectivity index (χ3v) is 3.97. The molecule has 2 heterocycles. The van der Waals surface area contributed by atoms with Gasteiger partial charge in [-0.25, -0.2) is 4.98 Å². The second-order valence-corrected chi connectivity index (χ2v) is 5.28. The summed E-state index contributed by atoms with van der Waals surface area (Å²) >= 11 is 0. The summed E-state index contributed by atoms with van der Waals surface area (Å²) in [5, 5.41) is 3.30. The van der Waals surface area contributed by atoms with E-state index in [9.17, 15) is 9.59 Å². The lowest BCUT2D eigenvalue weighted by atomic mass is 10.1. The highest BCUT2D eigenvalue weighted by atomic mass is 16.5. The van der Waals surface area contributed by atoms with Gasteiger partial charge in [-0.15, -0.1) is 0 Å². The van der Waals surface area contributed by atoms with Gasteiger partial charge < -0.3 is 10.1 Å². The van der Waals surface area contributed by atoms with Crippen molar-refractivity contribution >= 4 is 16.8 Å². The van der Waals surface area contributed by atoms with Crippen LogP contribution in [0.4, 0.5) is 0 Å². The highest BCUT2D eigenvalue weighted by Crippen LogP contribution is 2.24. The summed E-state index contributed by atoms with van der Waals surface area (Å²) in [4.78, 5) is 29.3. The molecule has 6 heteroatoms. The monoisotopic (exact) mass is 307 g/mol. The van der Waals surface area contributed by atoms with Gasteiger partial charge in [0.15, 0.2) is 0 Å². The Labute approximate surface area is 131 Å². The van der Waals surface area contributed by atoms with Crippen LogP contribution in [-0.4, -0.2) is 22.6 Å². The first kappa shape index (κ1) is 13.5. The number of hydrogen-bond donors (Lipinski definition) is 1. The number of aromatic nitrogens is 2. The average Bonchev–Trinajstić information content (AvgIpc) is 2.92. The molecule has 1 atom stereocenters. The Morgan fingerprint density at radius 2 is 1.83 bits per heavy atom. The molecule has 4 rings (SSSR count). The van der Waals surface area contributed by atoms with E-state index in [0.717, 1.165) is 5.56 Å². The maximum Gasteiger partial charge on any atom is 0.289 e. The van der Waals surface area contributed by atoms with Gasteiger partial charge >= 0.3 is 0 Å². The molecule has 0 saturated heterocycles. The molecule has 3 aromatic rings. The number of rotatable bonds is 2. The summed E-state index contributed by atoms with van der Waals surface area (Å²) < 4.78 is 6.54. The summed E-state index contributed by atoms with van der Waals surface area (Å²) in [6.45, 7) is 0. The predicted octanol–water partition coefficient (Wildman–Crippen LogP) is 1.70. The van der Waals surface area contributed by atoms with Crippen LogP contribution in [0.2, 0.25) is 0 Å². The number of hydrogen-bond acceptors (Lipinski definition) is 4. The number of carbonyl (C=O) groups excluding carboxylic acids is 1. The molecule has 6 nitrogen and oxygen atoms in total. The Balaban J connectivity index is 1.93. The molecule has 0 bridgehead atoms. The summed E-state index contributed by atoms with van der Waals surface area (Å²) in [5.41, 5.74) is 1.08. The highest BCUT2D eigenvalue weighted by molar-refractivity contribution is 5.95. The Hall–Kier alpha value is -3.15. The first-order valence-electron chi connectivity index (χ1n) is 7.15. The highest BCUT2D eigenvalue weighted by Gasteiger charge is 2.32. The van der Waals surface area contributed by atoms with Gasteiger partial charge in [0.1, 0.15) is 11.9 Å². The molecule has 1 aromatic heterocycles. The second kappa shape index (κ2) is 4.95. The van der Waals surface area contributed by atoms with E-state index in [2.05, 4.69) is 10.3 Å². The number of para-hydroxylation sites is 1. The molecule has 1 N–H and O–H groups in total. The molecule has 2 aromatic carbocycles. The van der Waals surface area contributed by atoms with Crippen molar-refractivity contribution < 1.29 is 9.53 Å². The molecule has 1 aliphatic rings. The molecule has 1 aliphatic heterocycles. The lowest BCUT2D eigenvalue weighted by Crippen LogP contribution is -2.28. The Bertz CT molecular complexity index is 977. The molecule has 23 heavy (non-hydrogen) atoms. The first-order chi connectivity index (χ1) is 11.2. The van der Waals surface area contributed by atoms with E-state index in [1.807, 2.05) is 12.1 Å². The van der Waals surface area contributed by atoms with Crippen molar-refractivity contribution in [3.05, 3.63) is 70.3 Å². The fourth-order valence-corrected chi connectivity index (χ4v) is 2.82. The van der Waals surface area contributed by atoms with Crippen LogP contribution in [0.3, 0.4) is 0 Å². The Morgan fingerprint density at radius 1 is 1.09 bits per heavy atom. The zero-order valence-corrected chi connectivity index (χ0v) is 12.3. The molecule has 0 aliphatic carbocycles. The minimum atomic E-state index is -0.562. The first-order valence-corrected chi connectivity index (χ1v) is 7.15. The van der Waals surface area contributed by atoms with E-state index in [0.29, 0.717) is 16.7 Å². The van der Waals surface area contributed by atoms with Gasteiger partial charge in [0.25, 0.3) is 11.5 Å². The van der Waals surface area contributed by atoms with Gasteiger partial charge in [-0.2, -0.15) is 0 Å². The Kier molecular flexibility index (Phi) is 2.90. The Morgan fingerprint density at radius 3 is 2.57 bits per heavy atom. The smallest absolute Gasteiger partial charge is 0.289 e. The van der Waals surface area contributed by atoms with Gasteiger partial charge in [-0.05, 0) is 29.8 Å². The zero-order valence-electron chi connectivity index (χ0n) is 12.3. The van der Waals surface area contributed by atoms with Crippen LogP contribution in [0.5, 0.6) is 5.75 Å². The fraction of sp³-hybridized carbons (Fsp3) is 0.118. The van der Waals surface area contributed by atoms with E-state index < -0.39 is 6.17 Å². The van der Waals surface area contributed by atoms with Crippen molar-refractivity contribution in [3.63, 3.8) is 0 Å². The number of nitrogens with one attached hydrogen (secondary N) is 1. The molecule has 1 unspecified atom stereocenters. The van der Waals surface area contributed by atoms with Crippen LogP contribution >= 0.6 is 0 Å². The van der Waals surface area contributed by atoms with Crippen molar-refractivity contribution in [2.24, 2.45) is 0 Å². The number of fused-ring (bicyclic) bond motifs is 2. The summed E-state index contributed by atoms with van der Waals surface area (Å²) in [6.07, 6.45) is -0.562. The molecule has 114 valence electrons. The SMILES string of the molecule is COc1ccc(C2NC(=O)c3nc4ccccc4c(=O)n32)cc1. The van der Waals surface area contributed by atoms with Gasteiger partial charge in [0.05, 0.1) is 18.0 Å². The number of methoxy groups -OCH3 is 1. The average molecular weight is 307 g/mol. The van der Waals surface area contributed by atoms with Crippen LogP contribution in [0.25, 0.3) is 10.9 Å². The van der Waals surface area contributed by atoms with Crippen molar-refractivity contribution in [1.29, 1.82) is 0 Å². The van der Waals surface area contributed by atoms with E-state index in [1.165, 1.54) is 4.57 Å². The number of nitrogens with zero attached hydrogens (tertiary/aromatic N) is 2. The van der Waals surface area contributed by atoms with Gasteiger partial charge in [0, 0.05) is 0 Å². The van der Waals surface area contributed by atoms with Crippen LogP contribution in [0.15, 0.2) is 53.3 Å². The second-order valence-electron chi connectivity index (χ2n) is 5.28. The lowest BCUT2D eigenvalue weighted by Gasteiger charge is -2.14. The quantitative estimate of drug-likeness (QED) is 0.782.